The SMILES string of the molecule is CCN(CC1CCNCC1)C(=O)C1C2CCCCC21. The van der Waals surface area contributed by atoms with Crippen LogP contribution >= 0.6 is 0 Å². The third kappa shape index (κ3) is 2.81. The van der Waals surface area contributed by atoms with Gasteiger partial charge >= 0.3 is 0 Å². The molecule has 2 saturated carbocycles. The van der Waals surface area contributed by atoms with Crippen molar-refractivity contribution < 1.29 is 4.79 Å². The van der Waals surface area contributed by atoms with Crippen molar-refractivity contribution in [3.8, 4) is 0 Å². The normalized spacial score (nSPS) is 34.7. The molecule has 1 saturated heterocycles. The van der Waals surface area contributed by atoms with Crippen LogP contribution in [0.4, 0.5) is 0 Å². The summed E-state index contributed by atoms with van der Waals surface area (Å²) in [5.74, 6) is 3.12. The zero-order valence-electron chi connectivity index (χ0n) is 12.2. The second kappa shape index (κ2) is 5.82. The van der Waals surface area contributed by atoms with E-state index in [2.05, 4.69) is 17.1 Å². The predicted octanol–water partition coefficient (Wildman–Crippen LogP) is 2.27. The molecule has 0 radical (unpaired) electrons. The maximum absolute atomic E-state index is 12.7. The number of piperidine rings is 1. The summed E-state index contributed by atoms with van der Waals surface area (Å²) in [6, 6.07) is 0. The molecule has 3 heteroatoms. The van der Waals surface area contributed by atoms with Gasteiger partial charge in [0.05, 0.1) is 0 Å². The molecule has 1 N–H and O–H groups in total. The smallest absolute Gasteiger partial charge is 0.226 e. The lowest BCUT2D eigenvalue weighted by Gasteiger charge is -2.29. The highest BCUT2D eigenvalue weighted by Gasteiger charge is 2.55. The average molecular weight is 264 g/mol. The van der Waals surface area contributed by atoms with Gasteiger partial charge in [0.2, 0.25) is 5.91 Å². The number of carbonyl (C=O) groups excluding carboxylic acids is 1. The number of nitrogens with one attached hydrogen (secondary N) is 1. The number of hydrogen-bond acceptors (Lipinski definition) is 2. The molecule has 0 bridgehead atoms. The number of hydrogen-bond donors (Lipinski definition) is 1. The lowest BCUT2D eigenvalue weighted by Crippen LogP contribution is -2.40. The Kier molecular flexibility index (Phi) is 4.11. The van der Waals surface area contributed by atoms with Crippen molar-refractivity contribution in [2.24, 2.45) is 23.7 Å². The zero-order valence-corrected chi connectivity index (χ0v) is 12.2. The summed E-state index contributed by atoms with van der Waals surface area (Å²) < 4.78 is 0. The number of rotatable bonds is 4. The van der Waals surface area contributed by atoms with Crippen molar-refractivity contribution in [1.29, 1.82) is 0 Å². The van der Waals surface area contributed by atoms with E-state index in [1.807, 2.05) is 0 Å². The molecule has 0 aromatic heterocycles. The lowest BCUT2D eigenvalue weighted by atomic mass is 9.97. The van der Waals surface area contributed by atoms with Crippen LogP contribution in [0, 0.1) is 23.7 Å². The van der Waals surface area contributed by atoms with Gasteiger partial charge < -0.3 is 10.2 Å². The molecule has 0 aromatic rings. The van der Waals surface area contributed by atoms with E-state index in [-0.39, 0.29) is 0 Å². The van der Waals surface area contributed by atoms with Crippen molar-refractivity contribution in [3.05, 3.63) is 0 Å². The molecule has 2 aliphatic carbocycles. The Labute approximate surface area is 117 Å². The Morgan fingerprint density at radius 3 is 2.32 bits per heavy atom. The van der Waals surface area contributed by atoms with Gasteiger partial charge in [0.25, 0.3) is 0 Å². The summed E-state index contributed by atoms with van der Waals surface area (Å²) in [5, 5.41) is 3.41. The number of fused-ring (bicyclic) bond motifs is 1. The highest BCUT2D eigenvalue weighted by Crippen LogP contribution is 2.56. The zero-order chi connectivity index (χ0) is 13.2. The standard InChI is InChI=1S/C16H28N2O/c1-2-18(11-12-7-9-17-10-8-12)16(19)15-13-5-3-4-6-14(13)15/h12-15,17H,2-11H2,1H3. The number of amides is 1. The van der Waals surface area contributed by atoms with Crippen molar-refractivity contribution in [2.75, 3.05) is 26.2 Å². The second-order valence-corrected chi connectivity index (χ2v) is 6.71. The molecule has 3 nitrogen and oxygen atoms in total. The summed E-state index contributed by atoms with van der Waals surface area (Å²) in [6.45, 7) is 6.31. The van der Waals surface area contributed by atoms with Crippen LogP contribution in [0.15, 0.2) is 0 Å². The second-order valence-electron chi connectivity index (χ2n) is 6.71. The Morgan fingerprint density at radius 1 is 1.11 bits per heavy atom. The first-order valence-electron chi connectivity index (χ1n) is 8.30. The highest BCUT2D eigenvalue weighted by atomic mass is 16.2. The molecule has 1 amide bonds. The van der Waals surface area contributed by atoms with Gasteiger partial charge in [-0.15, -0.1) is 0 Å². The highest BCUT2D eigenvalue weighted by molar-refractivity contribution is 5.82. The molecule has 1 aliphatic heterocycles. The summed E-state index contributed by atoms with van der Waals surface area (Å²) >= 11 is 0. The van der Waals surface area contributed by atoms with Crippen LogP contribution in [0.5, 0.6) is 0 Å². The van der Waals surface area contributed by atoms with E-state index in [0.717, 1.165) is 43.9 Å². The van der Waals surface area contributed by atoms with Gasteiger partial charge in [0.15, 0.2) is 0 Å². The van der Waals surface area contributed by atoms with Crippen LogP contribution in [0.1, 0.15) is 45.4 Å². The topological polar surface area (TPSA) is 32.3 Å². The van der Waals surface area contributed by atoms with Crippen molar-refractivity contribution >= 4 is 5.91 Å². The Morgan fingerprint density at radius 2 is 1.74 bits per heavy atom. The van der Waals surface area contributed by atoms with Crippen molar-refractivity contribution in [1.82, 2.24) is 10.2 Å². The Hall–Kier alpha value is -0.570. The minimum absolute atomic E-state index is 0.407. The van der Waals surface area contributed by atoms with Crippen LogP contribution in [0.2, 0.25) is 0 Å². The molecule has 2 atom stereocenters. The monoisotopic (exact) mass is 264 g/mol. The molecular weight excluding hydrogens is 236 g/mol. The molecule has 3 aliphatic rings. The third-order valence-electron chi connectivity index (χ3n) is 5.57. The Bertz CT molecular complexity index is 313. The molecule has 108 valence electrons. The minimum atomic E-state index is 0.407. The van der Waals surface area contributed by atoms with Gasteiger partial charge in [0.1, 0.15) is 0 Å². The molecular formula is C16H28N2O. The van der Waals surface area contributed by atoms with Crippen LogP contribution in [-0.2, 0) is 4.79 Å². The average Bonchev–Trinajstić information content (AvgIpc) is 3.19. The summed E-state index contributed by atoms with van der Waals surface area (Å²) in [6.07, 6.45) is 7.80. The lowest BCUT2D eigenvalue weighted by molar-refractivity contribution is -0.133. The van der Waals surface area contributed by atoms with E-state index in [9.17, 15) is 4.79 Å². The predicted molar refractivity (Wildman–Crippen MR) is 76.8 cm³/mol. The van der Waals surface area contributed by atoms with Crippen LogP contribution in [0.3, 0.4) is 0 Å². The molecule has 3 fully saturated rings. The van der Waals surface area contributed by atoms with Gasteiger partial charge in [-0.1, -0.05) is 12.8 Å². The van der Waals surface area contributed by atoms with Gasteiger partial charge in [-0.05, 0) is 63.5 Å². The number of nitrogens with zero attached hydrogens (tertiary/aromatic N) is 1. The van der Waals surface area contributed by atoms with E-state index in [0.29, 0.717) is 11.8 Å². The van der Waals surface area contributed by atoms with E-state index >= 15 is 0 Å². The van der Waals surface area contributed by atoms with Crippen molar-refractivity contribution in [2.45, 2.75) is 45.4 Å². The molecule has 3 rings (SSSR count). The summed E-state index contributed by atoms with van der Waals surface area (Å²) in [5.41, 5.74) is 0. The van der Waals surface area contributed by atoms with Crippen LogP contribution in [0.25, 0.3) is 0 Å². The van der Waals surface area contributed by atoms with Gasteiger partial charge in [-0.2, -0.15) is 0 Å². The fourth-order valence-electron chi connectivity index (χ4n) is 4.32. The number of carbonyl (C=O) groups is 1. The fraction of sp³-hybridized carbons (Fsp3) is 0.938. The van der Waals surface area contributed by atoms with E-state index in [1.165, 1.54) is 38.5 Å². The maximum atomic E-state index is 12.7. The van der Waals surface area contributed by atoms with Gasteiger partial charge in [0, 0.05) is 19.0 Å². The molecule has 0 spiro atoms. The van der Waals surface area contributed by atoms with E-state index in [1.54, 1.807) is 0 Å². The maximum Gasteiger partial charge on any atom is 0.226 e. The first kappa shape index (κ1) is 13.4. The summed E-state index contributed by atoms with van der Waals surface area (Å²) in [4.78, 5) is 14.9. The fourth-order valence-corrected chi connectivity index (χ4v) is 4.32. The summed E-state index contributed by atoms with van der Waals surface area (Å²) in [7, 11) is 0. The van der Waals surface area contributed by atoms with Crippen molar-refractivity contribution in [3.63, 3.8) is 0 Å². The molecule has 1 heterocycles. The van der Waals surface area contributed by atoms with E-state index in [4.69, 9.17) is 0 Å². The molecule has 0 aromatic carbocycles. The Balaban J connectivity index is 1.54. The quantitative estimate of drug-likeness (QED) is 0.845. The largest absolute Gasteiger partial charge is 0.342 e. The van der Waals surface area contributed by atoms with Gasteiger partial charge in [-0.25, -0.2) is 0 Å². The first-order chi connectivity index (χ1) is 9.31. The third-order valence-corrected chi connectivity index (χ3v) is 5.57. The molecule has 2 unspecified atom stereocenters. The van der Waals surface area contributed by atoms with Crippen LogP contribution in [-0.4, -0.2) is 37.0 Å². The van der Waals surface area contributed by atoms with Crippen LogP contribution < -0.4 is 5.32 Å². The molecule has 19 heavy (non-hydrogen) atoms. The first-order valence-corrected chi connectivity index (χ1v) is 8.30. The van der Waals surface area contributed by atoms with E-state index < -0.39 is 0 Å². The van der Waals surface area contributed by atoms with Gasteiger partial charge in [-0.3, -0.25) is 4.79 Å². The minimum Gasteiger partial charge on any atom is -0.342 e.